The molecule has 0 radical (unpaired) electrons. The van der Waals surface area contributed by atoms with Crippen molar-refractivity contribution in [3.05, 3.63) is 30.1 Å². The number of amides is 4. The molecule has 4 amide bonds. The highest BCUT2D eigenvalue weighted by atomic mass is 16.5. The summed E-state index contributed by atoms with van der Waals surface area (Å²) in [7, 11) is 0. The topological polar surface area (TPSA) is 259 Å². The molecule has 53 heavy (non-hydrogen) atoms. The molecule has 1 unspecified atom stereocenters. The number of anilines is 1. The molecule has 3 aromatic rings. The van der Waals surface area contributed by atoms with Gasteiger partial charge < -0.3 is 61.4 Å². The highest BCUT2D eigenvalue weighted by Crippen LogP contribution is 2.29. The van der Waals surface area contributed by atoms with Gasteiger partial charge in [0.25, 0.3) is 0 Å². The van der Waals surface area contributed by atoms with Gasteiger partial charge in [-0.15, -0.1) is 0 Å². The molecule has 0 aliphatic heterocycles. The van der Waals surface area contributed by atoms with Crippen LogP contribution in [0.25, 0.3) is 21.9 Å². The maximum Gasteiger partial charge on any atom is 0.246 e. The number of unbranched alkanes of at least 4 members (excludes halogenated alkanes) is 1. The van der Waals surface area contributed by atoms with E-state index < -0.39 is 11.9 Å². The SMILES string of the molecule is CCOCc1nc2c(N)nc3ccccc3c2n1CCCNC(=O)COCC(=O)NCCOCCOCCOCCC(=O)NCCCCC(N)C(N)=O. The Kier molecular flexibility index (Phi) is 20.0. The van der Waals surface area contributed by atoms with Crippen LogP contribution < -0.4 is 33.2 Å². The second kappa shape index (κ2) is 24.7. The van der Waals surface area contributed by atoms with E-state index in [-0.39, 0.29) is 57.1 Å². The highest BCUT2D eigenvalue weighted by Gasteiger charge is 2.17. The molecule has 0 bridgehead atoms. The summed E-state index contributed by atoms with van der Waals surface area (Å²) in [6, 6.07) is 7.10. The first-order valence-electron chi connectivity index (χ1n) is 18.0. The van der Waals surface area contributed by atoms with Gasteiger partial charge in [0.15, 0.2) is 5.82 Å². The molecule has 0 saturated heterocycles. The summed E-state index contributed by atoms with van der Waals surface area (Å²) in [6.07, 6.45) is 2.77. The Bertz CT molecular complexity index is 1590. The van der Waals surface area contributed by atoms with E-state index in [0.29, 0.717) is 96.3 Å². The Balaban J connectivity index is 1.15. The lowest BCUT2D eigenvalue weighted by Gasteiger charge is -2.12. The molecule has 18 nitrogen and oxygen atoms in total. The Morgan fingerprint density at radius 3 is 2.13 bits per heavy atom. The van der Waals surface area contributed by atoms with Gasteiger partial charge in [0, 0.05) is 44.6 Å². The van der Waals surface area contributed by atoms with Crippen LogP contribution in [0.15, 0.2) is 24.3 Å². The molecule has 0 spiro atoms. The van der Waals surface area contributed by atoms with Gasteiger partial charge in [-0.05, 0) is 38.7 Å². The Morgan fingerprint density at radius 2 is 1.42 bits per heavy atom. The van der Waals surface area contributed by atoms with E-state index in [4.69, 9.17) is 45.9 Å². The number of aryl methyl sites for hydroxylation is 1. The first-order chi connectivity index (χ1) is 25.7. The van der Waals surface area contributed by atoms with Crippen LogP contribution >= 0.6 is 0 Å². The third-order valence-corrected chi connectivity index (χ3v) is 7.89. The summed E-state index contributed by atoms with van der Waals surface area (Å²) in [4.78, 5) is 56.2. The average Bonchev–Trinajstić information content (AvgIpc) is 3.51. The summed E-state index contributed by atoms with van der Waals surface area (Å²) in [6.45, 7) is 6.00. The number of benzene rings is 1. The van der Waals surface area contributed by atoms with Gasteiger partial charge >= 0.3 is 0 Å². The van der Waals surface area contributed by atoms with E-state index in [1.165, 1.54) is 0 Å². The Labute approximate surface area is 309 Å². The molecule has 294 valence electrons. The minimum Gasteiger partial charge on any atom is -0.382 e. The number of para-hydroxylation sites is 1. The zero-order chi connectivity index (χ0) is 38.3. The van der Waals surface area contributed by atoms with Crippen molar-refractivity contribution >= 4 is 51.4 Å². The molecule has 0 aliphatic carbocycles. The fraction of sp³-hybridized carbons (Fsp3) is 0.600. The Morgan fingerprint density at radius 1 is 0.774 bits per heavy atom. The van der Waals surface area contributed by atoms with E-state index in [1.54, 1.807) is 0 Å². The predicted octanol–water partition coefficient (Wildman–Crippen LogP) is -0.119. The lowest BCUT2D eigenvalue weighted by atomic mass is 10.1. The minimum atomic E-state index is -0.649. The number of nitrogens with two attached hydrogens (primary N) is 3. The summed E-state index contributed by atoms with van der Waals surface area (Å²) in [5.41, 5.74) is 19.2. The third kappa shape index (κ3) is 16.0. The fourth-order valence-corrected chi connectivity index (χ4v) is 5.17. The van der Waals surface area contributed by atoms with E-state index in [1.807, 2.05) is 31.2 Å². The zero-order valence-electron chi connectivity index (χ0n) is 30.6. The molecule has 0 saturated carbocycles. The number of primary amides is 1. The number of rotatable bonds is 29. The number of nitrogen functional groups attached to an aromatic ring is 1. The van der Waals surface area contributed by atoms with Crippen LogP contribution in [0.2, 0.25) is 0 Å². The van der Waals surface area contributed by atoms with Crippen molar-refractivity contribution in [2.75, 3.05) is 84.8 Å². The van der Waals surface area contributed by atoms with Crippen molar-refractivity contribution in [3.8, 4) is 0 Å². The molecular formula is C35H55N9O9. The molecular weight excluding hydrogens is 690 g/mol. The van der Waals surface area contributed by atoms with Crippen molar-refractivity contribution in [1.29, 1.82) is 0 Å². The van der Waals surface area contributed by atoms with Crippen LogP contribution in [0.3, 0.4) is 0 Å². The van der Waals surface area contributed by atoms with E-state index in [9.17, 15) is 19.2 Å². The maximum absolute atomic E-state index is 12.3. The monoisotopic (exact) mass is 745 g/mol. The molecule has 18 heteroatoms. The quantitative estimate of drug-likeness (QED) is 0.0507. The smallest absolute Gasteiger partial charge is 0.246 e. The largest absolute Gasteiger partial charge is 0.382 e. The predicted molar refractivity (Wildman–Crippen MR) is 197 cm³/mol. The highest BCUT2D eigenvalue weighted by molar-refractivity contribution is 6.06. The van der Waals surface area contributed by atoms with Crippen molar-refractivity contribution in [1.82, 2.24) is 30.5 Å². The second-order valence-electron chi connectivity index (χ2n) is 12.0. The number of fused-ring (bicyclic) bond motifs is 3. The van der Waals surface area contributed by atoms with Crippen molar-refractivity contribution < 1.29 is 42.9 Å². The summed E-state index contributed by atoms with van der Waals surface area (Å²) in [5, 5.41) is 9.22. The first-order valence-corrected chi connectivity index (χ1v) is 18.0. The number of hydrogen-bond donors (Lipinski definition) is 6. The minimum absolute atomic E-state index is 0.113. The van der Waals surface area contributed by atoms with Gasteiger partial charge in [-0.25, -0.2) is 9.97 Å². The number of pyridine rings is 1. The molecule has 2 aromatic heterocycles. The van der Waals surface area contributed by atoms with Crippen molar-refractivity contribution in [2.24, 2.45) is 11.5 Å². The average molecular weight is 746 g/mol. The summed E-state index contributed by atoms with van der Waals surface area (Å²) >= 11 is 0. The normalized spacial score (nSPS) is 11.9. The maximum atomic E-state index is 12.3. The number of hydrogen-bond acceptors (Lipinski definition) is 13. The van der Waals surface area contributed by atoms with Gasteiger partial charge in [-0.2, -0.15) is 0 Å². The van der Waals surface area contributed by atoms with Crippen LogP contribution in [0.5, 0.6) is 0 Å². The lowest BCUT2D eigenvalue weighted by Crippen LogP contribution is -2.36. The first kappa shape index (κ1) is 42.9. The number of aromatic nitrogens is 3. The molecule has 9 N–H and O–H groups in total. The standard InChI is InChI=1S/C35H55N9O9/c1-2-49-22-28-43-32-33(25-8-3-4-10-27(25)42-34(32)37)44(28)15-7-13-40-30(46)23-53-24-31(47)41-14-17-51-19-21-52-20-18-50-16-11-29(45)39-12-6-5-9-26(36)35(38)48/h3-4,8,10,26H,2,5-7,9,11-24,36H2,1H3,(H2,37,42)(H2,38,48)(H,39,45)(H,40,46)(H,41,47). The number of nitrogens with zero attached hydrogens (tertiary/aromatic N) is 3. The van der Waals surface area contributed by atoms with Gasteiger partial charge in [0.2, 0.25) is 23.6 Å². The van der Waals surface area contributed by atoms with Crippen LogP contribution in [0.1, 0.15) is 44.9 Å². The number of nitrogens with one attached hydrogen (secondary N) is 3. The molecule has 0 aliphatic rings. The number of carbonyl (C=O) groups excluding carboxylic acids is 4. The van der Waals surface area contributed by atoms with Gasteiger partial charge in [0.1, 0.15) is 31.2 Å². The number of imidazole rings is 1. The molecule has 1 aromatic carbocycles. The van der Waals surface area contributed by atoms with Gasteiger partial charge in [-0.1, -0.05) is 18.2 Å². The summed E-state index contributed by atoms with van der Waals surface area (Å²) in [5.74, 6) is -0.228. The fourth-order valence-electron chi connectivity index (χ4n) is 5.17. The van der Waals surface area contributed by atoms with Crippen LogP contribution in [0.4, 0.5) is 5.82 Å². The van der Waals surface area contributed by atoms with Gasteiger partial charge in [-0.3, -0.25) is 19.2 Å². The van der Waals surface area contributed by atoms with E-state index in [0.717, 1.165) is 22.2 Å². The van der Waals surface area contributed by atoms with Crippen molar-refractivity contribution in [3.63, 3.8) is 0 Å². The number of ether oxygens (including phenoxy) is 5. The molecule has 3 rings (SSSR count). The molecule has 0 fully saturated rings. The van der Waals surface area contributed by atoms with E-state index >= 15 is 0 Å². The summed E-state index contributed by atoms with van der Waals surface area (Å²) < 4.78 is 29.2. The van der Waals surface area contributed by atoms with Crippen molar-refractivity contribution in [2.45, 2.75) is 58.2 Å². The molecule has 2 heterocycles. The molecule has 1 atom stereocenters. The van der Waals surface area contributed by atoms with E-state index in [2.05, 4.69) is 25.5 Å². The Hall–Kier alpha value is -4.46. The lowest BCUT2D eigenvalue weighted by molar-refractivity contribution is -0.131. The van der Waals surface area contributed by atoms with Crippen LogP contribution in [-0.2, 0) is 56.0 Å². The van der Waals surface area contributed by atoms with Crippen LogP contribution in [0, 0.1) is 0 Å². The second-order valence-corrected chi connectivity index (χ2v) is 12.0. The zero-order valence-corrected chi connectivity index (χ0v) is 30.6. The van der Waals surface area contributed by atoms with Gasteiger partial charge in [0.05, 0.1) is 56.7 Å². The van der Waals surface area contributed by atoms with Crippen LogP contribution in [-0.4, -0.2) is 123 Å². The number of carbonyl (C=O) groups is 4. The third-order valence-electron chi connectivity index (χ3n) is 7.89.